The molecule has 0 aliphatic carbocycles. The summed E-state index contributed by atoms with van der Waals surface area (Å²) in [6.45, 7) is 3.62. The second-order valence-electron chi connectivity index (χ2n) is 5.58. The van der Waals surface area contributed by atoms with Gasteiger partial charge in [-0.25, -0.2) is 4.98 Å². The van der Waals surface area contributed by atoms with E-state index in [9.17, 15) is 4.79 Å². The van der Waals surface area contributed by atoms with E-state index in [2.05, 4.69) is 27.0 Å². The number of thiazole rings is 1. The second kappa shape index (κ2) is 7.43. The molecule has 7 heteroatoms. The highest BCUT2D eigenvalue weighted by Crippen LogP contribution is 2.24. The molecule has 1 atom stereocenters. The first-order chi connectivity index (χ1) is 11.5. The summed E-state index contributed by atoms with van der Waals surface area (Å²) in [6.07, 6.45) is 0.884. The minimum absolute atomic E-state index is 0.0824. The number of nitrogens with zero attached hydrogens (tertiary/aromatic N) is 2. The minimum atomic E-state index is -0.298. The van der Waals surface area contributed by atoms with Crippen molar-refractivity contribution in [3.8, 4) is 11.8 Å². The van der Waals surface area contributed by atoms with Gasteiger partial charge in [0.15, 0.2) is 5.13 Å². The predicted molar refractivity (Wildman–Crippen MR) is 99.0 cm³/mol. The molecule has 1 N–H and O–H groups in total. The van der Waals surface area contributed by atoms with E-state index < -0.39 is 0 Å². The number of nitrogens with one attached hydrogen (secondary N) is 1. The molecule has 0 spiro atoms. The predicted octanol–water partition coefficient (Wildman–Crippen LogP) is 3.50. The van der Waals surface area contributed by atoms with Crippen molar-refractivity contribution in [2.24, 2.45) is 0 Å². The Hall–Kier alpha value is -1.74. The second-order valence-corrected chi connectivity index (χ2v) is 7.29. The summed E-state index contributed by atoms with van der Waals surface area (Å²) in [6, 6.07) is 5.06. The average molecular weight is 380 g/mol. The number of hydrogen-bond donors (Lipinski definition) is 1. The number of anilines is 1. The van der Waals surface area contributed by atoms with Gasteiger partial charge in [0, 0.05) is 46.0 Å². The van der Waals surface area contributed by atoms with Crippen LogP contribution in [0.5, 0.6) is 0 Å². The van der Waals surface area contributed by atoms with Gasteiger partial charge in [0.05, 0.1) is 5.69 Å². The van der Waals surface area contributed by atoms with E-state index in [1.54, 1.807) is 29.5 Å². The lowest BCUT2D eigenvalue weighted by Gasteiger charge is -2.14. The number of rotatable bonds is 2. The summed E-state index contributed by atoms with van der Waals surface area (Å²) in [5, 5.41) is 6.97. The van der Waals surface area contributed by atoms with Gasteiger partial charge in [-0.3, -0.25) is 4.79 Å². The van der Waals surface area contributed by atoms with Crippen molar-refractivity contribution < 1.29 is 4.79 Å². The Balaban J connectivity index is 1.57. The van der Waals surface area contributed by atoms with Crippen LogP contribution >= 0.6 is 34.5 Å². The molecule has 1 aromatic carbocycles. The first-order valence-electron chi connectivity index (χ1n) is 7.45. The van der Waals surface area contributed by atoms with E-state index >= 15 is 0 Å². The van der Waals surface area contributed by atoms with Gasteiger partial charge in [0.1, 0.15) is 0 Å². The zero-order chi connectivity index (χ0) is 17.1. The SMILES string of the molecule is Cc1csc(N2CCC(NC(=O)C#Cc3cc(Cl)cc(Cl)c3)C2)n1. The maximum Gasteiger partial charge on any atom is 0.296 e. The summed E-state index contributed by atoms with van der Waals surface area (Å²) >= 11 is 13.5. The molecule has 0 saturated carbocycles. The van der Waals surface area contributed by atoms with E-state index in [0.29, 0.717) is 15.6 Å². The Morgan fingerprint density at radius 1 is 1.38 bits per heavy atom. The van der Waals surface area contributed by atoms with E-state index in [1.165, 1.54) is 0 Å². The van der Waals surface area contributed by atoms with Crippen molar-refractivity contribution in [3.05, 3.63) is 44.9 Å². The molecule has 1 fully saturated rings. The Morgan fingerprint density at radius 3 is 2.79 bits per heavy atom. The van der Waals surface area contributed by atoms with Crippen LogP contribution in [0, 0.1) is 18.8 Å². The monoisotopic (exact) mass is 379 g/mol. The fraction of sp³-hybridized carbons (Fsp3) is 0.294. The van der Waals surface area contributed by atoms with Gasteiger partial charge >= 0.3 is 0 Å². The summed E-state index contributed by atoms with van der Waals surface area (Å²) in [5.41, 5.74) is 1.64. The minimum Gasteiger partial charge on any atom is -0.346 e. The average Bonchev–Trinajstić information content (AvgIpc) is 3.13. The third kappa shape index (κ3) is 4.41. The van der Waals surface area contributed by atoms with Crippen LogP contribution in [0.4, 0.5) is 5.13 Å². The lowest BCUT2D eigenvalue weighted by Crippen LogP contribution is -2.36. The molecule has 1 aliphatic heterocycles. The molecule has 1 unspecified atom stereocenters. The molecule has 0 bridgehead atoms. The van der Waals surface area contributed by atoms with Crippen molar-refractivity contribution in [1.82, 2.24) is 10.3 Å². The number of aromatic nitrogens is 1. The summed E-state index contributed by atoms with van der Waals surface area (Å²) in [7, 11) is 0. The zero-order valence-corrected chi connectivity index (χ0v) is 15.3. The highest BCUT2D eigenvalue weighted by molar-refractivity contribution is 7.13. The fourth-order valence-electron chi connectivity index (χ4n) is 2.52. The maximum absolute atomic E-state index is 12.0. The number of halogens is 2. The molecule has 1 aliphatic rings. The summed E-state index contributed by atoms with van der Waals surface area (Å²) < 4.78 is 0. The molecule has 0 radical (unpaired) electrons. The third-order valence-electron chi connectivity index (χ3n) is 3.58. The van der Waals surface area contributed by atoms with Crippen molar-refractivity contribution in [2.75, 3.05) is 18.0 Å². The molecule has 1 saturated heterocycles. The molecule has 4 nitrogen and oxygen atoms in total. The van der Waals surface area contributed by atoms with Crippen LogP contribution in [0.15, 0.2) is 23.6 Å². The highest BCUT2D eigenvalue weighted by Gasteiger charge is 2.25. The van der Waals surface area contributed by atoms with E-state index in [-0.39, 0.29) is 11.9 Å². The van der Waals surface area contributed by atoms with Gasteiger partial charge in [-0.15, -0.1) is 11.3 Å². The Bertz CT molecular complexity index is 804. The number of hydrogen-bond acceptors (Lipinski definition) is 4. The molecule has 2 heterocycles. The van der Waals surface area contributed by atoms with Gasteiger partial charge in [0.2, 0.25) is 0 Å². The first kappa shape index (κ1) is 17.1. The molecule has 24 heavy (non-hydrogen) atoms. The van der Waals surface area contributed by atoms with Crippen LogP contribution < -0.4 is 10.2 Å². The van der Waals surface area contributed by atoms with Crippen molar-refractivity contribution in [3.63, 3.8) is 0 Å². The fourth-order valence-corrected chi connectivity index (χ4v) is 3.88. The lowest BCUT2D eigenvalue weighted by atomic mass is 10.2. The molecular formula is C17H15Cl2N3OS. The van der Waals surface area contributed by atoms with Crippen LogP contribution in [0.25, 0.3) is 0 Å². The standard InChI is InChI=1S/C17H15Cl2N3OS/c1-11-10-24-17(20-11)22-5-4-15(9-22)21-16(23)3-2-12-6-13(18)8-14(19)7-12/h6-8,10,15H,4-5,9H2,1H3,(H,21,23). The smallest absolute Gasteiger partial charge is 0.296 e. The zero-order valence-electron chi connectivity index (χ0n) is 13.0. The van der Waals surface area contributed by atoms with Crippen molar-refractivity contribution in [1.29, 1.82) is 0 Å². The Kier molecular flexibility index (Phi) is 5.30. The van der Waals surface area contributed by atoms with Gasteiger partial charge in [0.25, 0.3) is 5.91 Å². The summed E-state index contributed by atoms with van der Waals surface area (Å²) in [4.78, 5) is 18.7. The quantitative estimate of drug-likeness (QED) is 0.812. The Morgan fingerprint density at radius 2 is 2.12 bits per heavy atom. The normalized spacial score (nSPS) is 16.6. The molecule has 2 aromatic rings. The van der Waals surface area contributed by atoms with Crippen LogP contribution in [-0.2, 0) is 4.79 Å². The molecular weight excluding hydrogens is 365 g/mol. The third-order valence-corrected chi connectivity index (χ3v) is 5.04. The van der Waals surface area contributed by atoms with Gasteiger partial charge in [-0.1, -0.05) is 29.1 Å². The van der Waals surface area contributed by atoms with E-state index in [0.717, 1.165) is 30.3 Å². The number of aryl methyl sites for hydroxylation is 1. The first-order valence-corrected chi connectivity index (χ1v) is 9.09. The van der Waals surface area contributed by atoms with Gasteiger partial charge in [-0.2, -0.15) is 0 Å². The lowest BCUT2D eigenvalue weighted by molar-refractivity contribution is -0.116. The van der Waals surface area contributed by atoms with Gasteiger partial charge < -0.3 is 10.2 Å². The van der Waals surface area contributed by atoms with Crippen LogP contribution in [-0.4, -0.2) is 30.0 Å². The van der Waals surface area contributed by atoms with Crippen LogP contribution in [0.3, 0.4) is 0 Å². The highest BCUT2D eigenvalue weighted by atomic mass is 35.5. The largest absolute Gasteiger partial charge is 0.346 e. The number of carbonyl (C=O) groups excluding carboxylic acids is 1. The number of amides is 1. The topological polar surface area (TPSA) is 45.2 Å². The molecule has 124 valence electrons. The van der Waals surface area contributed by atoms with E-state index in [1.807, 2.05) is 12.3 Å². The van der Waals surface area contributed by atoms with Crippen LogP contribution in [0.1, 0.15) is 17.7 Å². The van der Waals surface area contributed by atoms with Gasteiger partial charge in [-0.05, 0) is 31.5 Å². The van der Waals surface area contributed by atoms with Crippen molar-refractivity contribution in [2.45, 2.75) is 19.4 Å². The Labute approximate surface area is 154 Å². The number of benzene rings is 1. The molecule has 1 amide bonds. The molecule has 3 rings (SSSR count). The van der Waals surface area contributed by atoms with Crippen LogP contribution in [0.2, 0.25) is 10.0 Å². The summed E-state index contributed by atoms with van der Waals surface area (Å²) in [5.74, 6) is 5.08. The van der Waals surface area contributed by atoms with Crippen molar-refractivity contribution >= 4 is 45.6 Å². The number of carbonyl (C=O) groups is 1. The molecule has 1 aromatic heterocycles. The van der Waals surface area contributed by atoms with E-state index in [4.69, 9.17) is 23.2 Å². The maximum atomic E-state index is 12.0.